The van der Waals surface area contributed by atoms with Crippen LogP contribution in [-0.4, -0.2) is 46.1 Å². The summed E-state index contributed by atoms with van der Waals surface area (Å²) in [6.45, 7) is 0.440. The fourth-order valence-corrected chi connectivity index (χ4v) is 5.09. The first-order valence-corrected chi connectivity index (χ1v) is 13.3. The maximum Gasteiger partial charge on any atom is 0.333 e. The molecule has 1 saturated heterocycles. The summed E-state index contributed by atoms with van der Waals surface area (Å²) < 4.78 is 11.5. The third kappa shape index (κ3) is 5.07. The van der Waals surface area contributed by atoms with Crippen LogP contribution in [0.1, 0.15) is 43.4 Å². The van der Waals surface area contributed by atoms with Gasteiger partial charge < -0.3 is 14.4 Å². The predicted octanol–water partition coefficient (Wildman–Crippen LogP) is 4.56. The molecule has 2 unspecified atom stereocenters. The van der Waals surface area contributed by atoms with Crippen molar-refractivity contribution >= 4 is 23.7 Å². The Morgan fingerprint density at radius 2 is 1.24 bits per heavy atom. The van der Waals surface area contributed by atoms with Gasteiger partial charge in [0.2, 0.25) is 5.91 Å². The summed E-state index contributed by atoms with van der Waals surface area (Å²) in [6, 6.07) is 30.4. The molecule has 0 aromatic heterocycles. The maximum absolute atomic E-state index is 13.5. The molecule has 204 valence electrons. The molecule has 1 fully saturated rings. The molecule has 2 aliphatic rings. The van der Waals surface area contributed by atoms with Crippen LogP contribution in [0.15, 0.2) is 109 Å². The third-order valence-corrected chi connectivity index (χ3v) is 7.28. The van der Waals surface area contributed by atoms with Gasteiger partial charge in [-0.3, -0.25) is 19.3 Å². The van der Waals surface area contributed by atoms with Crippen LogP contribution in [0, 0.1) is 0 Å². The van der Waals surface area contributed by atoms with E-state index in [0.29, 0.717) is 17.9 Å². The van der Waals surface area contributed by atoms with Crippen molar-refractivity contribution in [3.63, 3.8) is 0 Å². The predicted molar refractivity (Wildman–Crippen MR) is 149 cm³/mol. The molecular weight excluding hydrogens is 520 g/mol. The molecule has 0 bridgehead atoms. The van der Waals surface area contributed by atoms with Crippen LogP contribution in [0.2, 0.25) is 0 Å². The molecule has 0 radical (unpaired) electrons. The number of likely N-dealkylation sites (tertiary alicyclic amines) is 1. The number of β-lactam (4-membered cyclic amide) rings is 1. The average Bonchev–Trinajstić information content (AvgIpc) is 3.27. The van der Waals surface area contributed by atoms with Crippen molar-refractivity contribution in [2.24, 2.45) is 0 Å². The highest BCUT2D eigenvalue weighted by atomic mass is 16.5. The van der Waals surface area contributed by atoms with Crippen molar-refractivity contribution in [3.05, 3.63) is 137 Å². The molecule has 6 rings (SSSR count). The molecule has 2 atom stereocenters. The van der Waals surface area contributed by atoms with E-state index in [4.69, 9.17) is 9.47 Å². The average molecular weight is 547 g/mol. The van der Waals surface area contributed by atoms with Gasteiger partial charge in [-0.1, -0.05) is 84.9 Å². The second-order valence-corrected chi connectivity index (χ2v) is 9.87. The van der Waals surface area contributed by atoms with Crippen LogP contribution < -0.4 is 4.74 Å². The van der Waals surface area contributed by atoms with Crippen molar-refractivity contribution in [2.75, 3.05) is 6.54 Å². The number of hydrogen-bond donors (Lipinski definition) is 0. The summed E-state index contributed by atoms with van der Waals surface area (Å²) >= 11 is 0. The number of amides is 3. The molecule has 41 heavy (non-hydrogen) atoms. The number of imide groups is 1. The Hall–Kier alpha value is -5.24. The van der Waals surface area contributed by atoms with Crippen LogP contribution in [0.3, 0.4) is 0 Å². The number of carbonyl (C=O) groups is 4. The van der Waals surface area contributed by atoms with Gasteiger partial charge in [-0.05, 0) is 41.0 Å². The van der Waals surface area contributed by atoms with Gasteiger partial charge in [0.1, 0.15) is 25.0 Å². The van der Waals surface area contributed by atoms with E-state index in [2.05, 4.69) is 0 Å². The van der Waals surface area contributed by atoms with Gasteiger partial charge in [0, 0.05) is 0 Å². The number of ether oxygens (including phenoxy) is 2. The third-order valence-electron chi connectivity index (χ3n) is 7.28. The second-order valence-electron chi connectivity index (χ2n) is 9.87. The van der Waals surface area contributed by atoms with Gasteiger partial charge >= 0.3 is 5.97 Å². The molecule has 4 aromatic carbocycles. The summed E-state index contributed by atoms with van der Waals surface area (Å²) in [5.74, 6) is -1.52. The molecule has 8 nitrogen and oxygen atoms in total. The van der Waals surface area contributed by atoms with Crippen molar-refractivity contribution in [3.8, 4) is 5.75 Å². The Morgan fingerprint density at radius 3 is 1.80 bits per heavy atom. The van der Waals surface area contributed by atoms with E-state index in [1.165, 1.54) is 4.90 Å². The van der Waals surface area contributed by atoms with Gasteiger partial charge in [-0.2, -0.15) is 0 Å². The number of hydrogen-bond acceptors (Lipinski definition) is 6. The van der Waals surface area contributed by atoms with E-state index in [9.17, 15) is 19.2 Å². The Bertz CT molecular complexity index is 1570. The zero-order valence-corrected chi connectivity index (χ0v) is 22.0. The van der Waals surface area contributed by atoms with Crippen LogP contribution >= 0.6 is 0 Å². The van der Waals surface area contributed by atoms with E-state index in [1.807, 2.05) is 60.7 Å². The molecular formula is C33H26N2O6. The topological polar surface area (TPSA) is 93.2 Å². The van der Waals surface area contributed by atoms with E-state index in [0.717, 1.165) is 16.0 Å². The standard InChI is InChI=1S/C33H26N2O6/c36-30-26-13-7-8-14-27(26)31(37)35(30)28-19-34(32(28)38)29(33(39)41-21-23-11-5-2-6-12-23)24-15-17-25(18-16-24)40-20-22-9-3-1-4-10-22/h1-18,28-29H,19-21H2. The Morgan fingerprint density at radius 1 is 0.707 bits per heavy atom. The number of fused-ring (bicyclic) bond motifs is 1. The fourth-order valence-electron chi connectivity index (χ4n) is 5.09. The first-order valence-electron chi connectivity index (χ1n) is 13.3. The molecule has 0 N–H and O–H groups in total. The normalized spacial score (nSPS) is 16.7. The minimum absolute atomic E-state index is 0.0155. The van der Waals surface area contributed by atoms with Crippen LogP contribution in [0.5, 0.6) is 5.75 Å². The van der Waals surface area contributed by atoms with E-state index < -0.39 is 35.8 Å². The number of carbonyl (C=O) groups excluding carboxylic acids is 4. The summed E-state index contributed by atoms with van der Waals surface area (Å²) in [5.41, 5.74) is 2.90. The fraction of sp³-hybridized carbons (Fsp3) is 0.152. The number of benzene rings is 4. The van der Waals surface area contributed by atoms with Crippen molar-refractivity contribution in [2.45, 2.75) is 25.3 Å². The van der Waals surface area contributed by atoms with Gasteiger partial charge in [0.15, 0.2) is 6.04 Å². The minimum Gasteiger partial charge on any atom is -0.489 e. The quantitative estimate of drug-likeness (QED) is 0.174. The molecule has 0 spiro atoms. The van der Waals surface area contributed by atoms with Crippen molar-refractivity contribution < 1.29 is 28.7 Å². The molecule has 4 aromatic rings. The lowest BCUT2D eigenvalue weighted by atomic mass is 9.97. The van der Waals surface area contributed by atoms with E-state index in [1.54, 1.807) is 48.5 Å². The molecule has 8 heteroatoms. The van der Waals surface area contributed by atoms with Crippen molar-refractivity contribution in [1.82, 2.24) is 9.80 Å². The number of esters is 1. The lowest BCUT2D eigenvalue weighted by Gasteiger charge is -2.45. The Balaban J connectivity index is 1.20. The van der Waals surface area contributed by atoms with Crippen LogP contribution in [0.4, 0.5) is 0 Å². The van der Waals surface area contributed by atoms with Gasteiger partial charge in [0.25, 0.3) is 11.8 Å². The van der Waals surface area contributed by atoms with Gasteiger partial charge in [0.05, 0.1) is 17.7 Å². The Labute approximate surface area is 236 Å². The summed E-state index contributed by atoms with van der Waals surface area (Å²) in [6.07, 6.45) is 0. The molecule has 3 amide bonds. The first kappa shape index (κ1) is 26.0. The molecule has 0 saturated carbocycles. The van der Waals surface area contributed by atoms with Crippen molar-refractivity contribution in [1.29, 1.82) is 0 Å². The Kier molecular flexibility index (Phi) is 7.04. The van der Waals surface area contributed by atoms with E-state index >= 15 is 0 Å². The summed E-state index contributed by atoms with van der Waals surface area (Å²) in [7, 11) is 0. The zero-order valence-electron chi connectivity index (χ0n) is 22.0. The highest BCUT2D eigenvalue weighted by molar-refractivity contribution is 6.23. The second kappa shape index (κ2) is 11.1. The lowest BCUT2D eigenvalue weighted by molar-refractivity contribution is -0.165. The van der Waals surface area contributed by atoms with Gasteiger partial charge in [-0.15, -0.1) is 0 Å². The first-order chi connectivity index (χ1) is 20.0. The summed E-state index contributed by atoms with van der Waals surface area (Å²) in [4.78, 5) is 55.1. The number of rotatable bonds is 9. The maximum atomic E-state index is 13.5. The highest BCUT2D eigenvalue weighted by Gasteiger charge is 2.53. The minimum atomic E-state index is -1.05. The van der Waals surface area contributed by atoms with Gasteiger partial charge in [-0.25, -0.2) is 4.79 Å². The van der Waals surface area contributed by atoms with Crippen LogP contribution in [-0.2, 0) is 27.5 Å². The monoisotopic (exact) mass is 546 g/mol. The zero-order chi connectivity index (χ0) is 28.3. The summed E-state index contributed by atoms with van der Waals surface area (Å²) in [5, 5.41) is 0. The smallest absolute Gasteiger partial charge is 0.333 e. The highest BCUT2D eigenvalue weighted by Crippen LogP contribution is 2.35. The largest absolute Gasteiger partial charge is 0.489 e. The van der Waals surface area contributed by atoms with E-state index in [-0.39, 0.29) is 24.3 Å². The number of nitrogens with zero attached hydrogens (tertiary/aromatic N) is 2. The SMILES string of the molecule is O=C(OCc1ccccc1)C(c1ccc(OCc2ccccc2)cc1)N1CC(N2C(=O)c3ccccc3C2=O)C1=O. The lowest BCUT2D eigenvalue weighted by Crippen LogP contribution is -2.66. The molecule has 0 aliphatic carbocycles. The molecule has 2 aliphatic heterocycles. The molecule has 2 heterocycles. The van der Waals surface area contributed by atoms with Crippen LogP contribution in [0.25, 0.3) is 0 Å².